The Balaban J connectivity index is 2.96. The van der Waals surface area contributed by atoms with E-state index in [4.69, 9.17) is 11.5 Å². The van der Waals surface area contributed by atoms with Gasteiger partial charge in [0.2, 0.25) is 11.8 Å². The summed E-state index contributed by atoms with van der Waals surface area (Å²) in [5, 5.41) is 0. The molecule has 5 heteroatoms. The van der Waals surface area contributed by atoms with Gasteiger partial charge in [0, 0.05) is 5.69 Å². The molecule has 1 rings (SSSR count). The van der Waals surface area contributed by atoms with E-state index in [1.54, 1.807) is 31.2 Å². The first-order chi connectivity index (χ1) is 7.52. The van der Waals surface area contributed by atoms with Gasteiger partial charge in [-0.1, -0.05) is 18.2 Å². The summed E-state index contributed by atoms with van der Waals surface area (Å²) in [6, 6.07) is 8.16. The smallest absolute Gasteiger partial charge is 0.244 e. The average Bonchev–Trinajstić information content (AvgIpc) is 2.26. The van der Waals surface area contributed by atoms with Crippen LogP contribution in [0.1, 0.15) is 6.92 Å². The number of benzene rings is 1. The van der Waals surface area contributed by atoms with Crippen LogP contribution in [0, 0.1) is 0 Å². The minimum absolute atomic E-state index is 0.162. The van der Waals surface area contributed by atoms with E-state index in [-0.39, 0.29) is 12.5 Å². The molecular weight excluding hydrogens is 206 g/mol. The summed E-state index contributed by atoms with van der Waals surface area (Å²) in [7, 11) is 0. The lowest BCUT2D eigenvalue weighted by Gasteiger charge is -2.22. The summed E-state index contributed by atoms with van der Waals surface area (Å²) in [5.41, 5.74) is 11.2. The highest BCUT2D eigenvalue weighted by atomic mass is 16.2. The molecule has 1 aromatic rings. The van der Waals surface area contributed by atoms with Crippen molar-refractivity contribution in [1.82, 2.24) is 0 Å². The number of amides is 2. The monoisotopic (exact) mass is 221 g/mol. The highest BCUT2D eigenvalue weighted by Gasteiger charge is 2.20. The summed E-state index contributed by atoms with van der Waals surface area (Å²) in [6.07, 6.45) is 0. The second-order valence-corrected chi connectivity index (χ2v) is 3.51. The van der Waals surface area contributed by atoms with Crippen LogP contribution in [0.15, 0.2) is 30.3 Å². The molecule has 0 saturated heterocycles. The van der Waals surface area contributed by atoms with Crippen molar-refractivity contribution in [3.05, 3.63) is 30.3 Å². The van der Waals surface area contributed by atoms with E-state index in [0.29, 0.717) is 5.69 Å². The third-order valence-corrected chi connectivity index (χ3v) is 2.04. The second-order valence-electron chi connectivity index (χ2n) is 3.51. The predicted molar refractivity (Wildman–Crippen MR) is 61.6 cm³/mol. The summed E-state index contributed by atoms with van der Waals surface area (Å²) >= 11 is 0. The minimum atomic E-state index is -0.667. The molecule has 16 heavy (non-hydrogen) atoms. The first-order valence-corrected chi connectivity index (χ1v) is 4.92. The van der Waals surface area contributed by atoms with Crippen LogP contribution in [0.3, 0.4) is 0 Å². The Labute approximate surface area is 94.0 Å². The summed E-state index contributed by atoms with van der Waals surface area (Å²) in [6.45, 7) is 1.41. The standard InChI is InChI=1S/C11H15N3O2/c1-8(12)11(16)14(7-10(13)15)9-5-3-2-4-6-9/h2-6,8H,7,12H2,1H3,(H2,13,15)/t8-/m1/s1. The van der Waals surface area contributed by atoms with Crippen LogP contribution in [-0.4, -0.2) is 24.4 Å². The zero-order valence-corrected chi connectivity index (χ0v) is 9.09. The molecule has 0 aliphatic carbocycles. The fourth-order valence-corrected chi connectivity index (χ4v) is 1.31. The second kappa shape index (κ2) is 5.27. The van der Waals surface area contributed by atoms with Crippen molar-refractivity contribution in [2.45, 2.75) is 13.0 Å². The quantitative estimate of drug-likeness (QED) is 0.741. The number of anilines is 1. The Kier molecular flexibility index (Phi) is 4.02. The number of nitrogens with two attached hydrogens (primary N) is 2. The van der Waals surface area contributed by atoms with Crippen LogP contribution in [0.5, 0.6) is 0 Å². The molecule has 86 valence electrons. The largest absolute Gasteiger partial charge is 0.368 e. The van der Waals surface area contributed by atoms with Gasteiger partial charge in [-0.05, 0) is 19.1 Å². The van der Waals surface area contributed by atoms with E-state index >= 15 is 0 Å². The molecule has 0 unspecified atom stereocenters. The lowest BCUT2D eigenvalue weighted by molar-refractivity contribution is -0.122. The van der Waals surface area contributed by atoms with Crippen molar-refractivity contribution < 1.29 is 9.59 Å². The minimum Gasteiger partial charge on any atom is -0.368 e. The van der Waals surface area contributed by atoms with Crippen LogP contribution in [-0.2, 0) is 9.59 Å². The summed E-state index contributed by atoms with van der Waals surface area (Å²) in [5.74, 6) is -0.900. The molecule has 4 N–H and O–H groups in total. The van der Waals surface area contributed by atoms with Gasteiger partial charge in [-0.2, -0.15) is 0 Å². The lowest BCUT2D eigenvalue weighted by atomic mass is 10.2. The van der Waals surface area contributed by atoms with Gasteiger partial charge in [0.05, 0.1) is 6.04 Å². The number of hydrogen-bond acceptors (Lipinski definition) is 3. The van der Waals surface area contributed by atoms with Gasteiger partial charge < -0.3 is 16.4 Å². The Morgan fingerprint density at radius 1 is 1.31 bits per heavy atom. The van der Waals surface area contributed by atoms with E-state index < -0.39 is 11.9 Å². The first kappa shape index (κ1) is 12.2. The molecule has 5 nitrogen and oxygen atoms in total. The van der Waals surface area contributed by atoms with Gasteiger partial charge in [0.25, 0.3) is 0 Å². The highest BCUT2D eigenvalue weighted by molar-refractivity contribution is 6.00. The highest BCUT2D eigenvalue weighted by Crippen LogP contribution is 2.13. The Hall–Kier alpha value is -1.88. The van der Waals surface area contributed by atoms with Gasteiger partial charge in [-0.3, -0.25) is 9.59 Å². The van der Waals surface area contributed by atoms with Crippen LogP contribution in [0.25, 0.3) is 0 Å². The number of carbonyl (C=O) groups is 2. The Bertz CT molecular complexity index is 376. The molecule has 0 radical (unpaired) electrons. The van der Waals surface area contributed by atoms with E-state index in [1.807, 2.05) is 6.07 Å². The molecule has 0 fully saturated rings. The van der Waals surface area contributed by atoms with Crippen molar-refractivity contribution in [2.75, 3.05) is 11.4 Å². The number of primary amides is 1. The van der Waals surface area contributed by atoms with Crippen LogP contribution in [0.4, 0.5) is 5.69 Å². The number of nitrogens with zero attached hydrogens (tertiary/aromatic N) is 1. The third-order valence-electron chi connectivity index (χ3n) is 2.04. The molecule has 1 atom stereocenters. The molecule has 2 amide bonds. The predicted octanol–water partition coefficient (Wildman–Crippen LogP) is -0.148. The fourth-order valence-electron chi connectivity index (χ4n) is 1.31. The molecule has 0 heterocycles. The summed E-state index contributed by atoms with van der Waals surface area (Å²) in [4.78, 5) is 24.0. The average molecular weight is 221 g/mol. The molecule has 0 aliphatic rings. The molecule has 0 aromatic heterocycles. The van der Waals surface area contributed by atoms with E-state index in [1.165, 1.54) is 4.90 Å². The third kappa shape index (κ3) is 3.06. The van der Waals surface area contributed by atoms with E-state index in [0.717, 1.165) is 0 Å². The van der Waals surface area contributed by atoms with Crippen molar-refractivity contribution in [1.29, 1.82) is 0 Å². The molecule has 0 saturated carbocycles. The molecule has 0 spiro atoms. The van der Waals surface area contributed by atoms with Gasteiger partial charge in [0.15, 0.2) is 0 Å². The molecule has 0 bridgehead atoms. The fraction of sp³-hybridized carbons (Fsp3) is 0.273. The Morgan fingerprint density at radius 3 is 2.31 bits per heavy atom. The van der Waals surface area contributed by atoms with Crippen LogP contribution >= 0.6 is 0 Å². The molecule has 1 aromatic carbocycles. The number of para-hydroxylation sites is 1. The Morgan fingerprint density at radius 2 is 1.88 bits per heavy atom. The van der Waals surface area contributed by atoms with Crippen molar-refractivity contribution >= 4 is 17.5 Å². The van der Waals surface area contributed by atoms with Crippen molar-refractivity contribution in [3.8, 4) is 0 Å². The normalized spacial score (nSPS) is 11.9. The van der Waals surface area contributed by atoms with Crippen molar-refractivity contribution in [3.63, 3.8) is 0 Å². The van der Waals surface area contributed by atoms with Gasteiger partial charge >= 0.3 is 0 Å². The summed E-state index contributed by atoms with van der Waals surface area (Å²) < 4.78 is 0. The zero-order chi connectivity index (χ0) is 12.1. The molecular formula is C11H15N3O2. The van der Waals surface area contributed by atoms with E-state index in [9.17, 15) is 9.59 Å². The van der Waals surface area contributed by atoms with Crippen LogP contribution < -0.4 is 16.4 Å². The number of rotatable bonds is 4. The zero-order valence-electron chi connectivity index (χ0n) is 9.09. The van der Waals surface area contributed by atoms with E-state index in [2.05, 4.69) is 0 Å². The van der Waals surface area contributed by atoms with Gasteiger partial charge in [-0.25, -0.2) is 0 Å². The van der Waals surface area contributed by atoms with Gasteiger partial charge in [0.1, 0.15) is 6.54 Å². The SMILES string of the molecule is C[C@@H](N)C(=O)N(CC(N)=O)c1ccccc1. The maximum Gasteiger partial charge on any atom is 0.244 e. The van der Waals surface area contributed by atoms with Crippen molar-refractivity contribution in [2.24, 2.45) is 11.5 Å². The maximum absolute atomic E-state index is 11.8. The number of carbonyl (C=O) groups excluding carboxylic acids is 2. The first-order valence-electron chi connectivity index (χ1n) is 4.92. The van der Waals surface area contributed by atoms with Gasteiger partial charge in [-0.15, -0.1) is 0 Å². The lowest BCUT2D eigenvalue weighted by Crippen LogP contribution is -2.46. The maximum atomic E-state index is 11.8. The van der Waals surface area contributed by atoms with Crippen LogP contribution in [0.2, 0.25) is 0 Å². The molecule has 0 aliphatic heterocycles. The topological polar surface area (TPSA) is 89.4 Å². The number of hydrogen-bond donors (Lipinski definition) is 2.